The summed E-state index contributed by atoms with van der Waals surface area (Å²) in [5.74, 6) is 0.951. The zero-order valence-electron chi connectivity index (χ0n) is 15.2. The van der Waals surface area contributed by atoms with E-state index in [-0.39, 0.29) is 36.2 Å². The van der Waals surface area contributed by atoms with E-state index in [1.807, 2.05) is 7.05 Å². The van der Waals surface area contributed by atoms with Crippen LogP contribution in [0.5, 0.6) is 0 Å². The fourth-order valence-corrected chi connectivity index (χ4v) is 3.57. The average molecular weight is 459 g/mol. The minimum Gasteiger partial charge on any atom is -0.375 e. The molecule has 3 rings (SSSR count). The molecular weight excluding hydrogens is 429 g/mol. The third-order valence-corrected chi connectivity index (χ3v) is 4.92. The van der Waals surface area contributed by atoms with Gasteiger partial charge in [-0.3, -0.25) is 4.99 Å². The molecule has 2 fully saturated rings. The first kappa shape index (κ1) is 20.5. The Kier molecular flexibility index (Phi) is 8.45. The molecule has 5 nitrogen and oxygen atoms in total. The molecular formula is C19H30IN3O2. The second-order valence-electron chi connectivity index (χ2n) is 6.43. The van der Waals surface area contributed by atoms with Gasteiger partial charge in [0.15, 0.2) is 5.96 Å². The van der Waals surface area contributed by atoms with Gasteiger partial charge in [0.25, 0.3) is 0 Å². The maximum absolute atomic E-state index is 5.94. The summed E-state index contributed by atoms with van der Waals surface area (Å²) in [6, 6.07) is 8.59. The number of morpholine rings is 1. The standard InChI is InChI=1S/C19H29N3O2.HI/c1-3-15-7-4-5-8-16(15)13-21-19(20-2)22-10-12-24-18(14-22)17-9-6-11-23-17;/h4-5,7-8,17-18H,3,6,9-14H2,1-2H3,(H,20,21);1H. The normalized spacial score (nSPS) is 24.1. The van der Waals surface area contributed by atoms with Crippen molar-refractivity contribution in [1.82, 2.24) is 10.2 Å². The molecule has 2 aliphatic rings. The van der Waals surface area contributed by atoms with Crippen LogP contribution in [0.2, 0.25) is 0 Å². The van der Waals surface area contributed by atoms with Crippen LogP contribution in [-0.2, 0) is 22.4 Å². The van der Waals surface area contributed by atoms with E-state index in [4.69, 9.17) is 9.47 Å². The molecule has 0 amide bonds. The van der Waals surface area contributed by atoms with Gasteiger partial charge in [-0.2, -0.15) is 0 Å². The van der Waals surface area contributed by atoms with E-state index in [1.165, 1.54) is 11.1 Å². The molecule has 2 atom stereocenters. The molecule has 0 aliphatic carbocycles. The van der Waals surface area contributed by atoms with Crippen molar-refractivity contribution in [2.45, 2.75) is 44.9 Å². The van der Waals surface area contributed by atoms with Crippen molar-refractivity contribution in [1.29, 1.82) is 0 Å². The molecule has 140 valence electrons. The van der Waals surface area contributed by atoms with Crippen LogP contribution in [0.3, 0.4) is 0 Å². The van der Waals surface area contributed by atoms with Crippen LogP contribution in [0.1, 0.15) is 30.9 Å². The first-order valence-electron chi connectivity index (χ1n) is 9.07. The lowest BCUT2D eigenvalue weighted by molar-refractivity contribution is -0.0817. The highest BCUT2D eigenvalue weighted by molar-refractivity contribution is 14.0. The summed E-state index contributed by atoms with van der Waals surface area (Å²) in [5.41, 5.74) is 2.73. The third kappa shape index (κ3) is 5.31. The number of ether oxygens (including phenoxy) is 2. The van der Waals surface area contributed by atoms with E-state index in [9.17, 15) is 0 Å². The Bertz CT molecular complexity index is 561. The average Bonchev–Trinajstić information content (AvgIpc) is 3.17. The number of halogens is 1. The molecule has 2 aliphatic heterocycles. The Morgan fingerprint density at radius 3 is 2.64 bits per heavy atom. The van der Waals surface area contributed by atoms with Crippen LogP contribution in [-0.4, -0.2) is 56.4 Å². The lowest BCUT2D eigenvalue weighted by Crippen LogP contribution is -2.53. The van der Waals surface area contributed by atoms with E-state index in [2.05, 4.69) is 46.4 Å². The lowest BCUT2D eigenvalue weighted by Gasteiger charge is -2.37. The number of aliphatic imine (C=N–C) groups is 1. The Balaban J connectivity index is 0.00000225. The molecule has 25 heavy (non-hydrogen) atoms. The van der Waals surface area contributed by atoms with Crippen LogP contribution in [0.15, 0.2) is 29.3 Å². The predicted molar refractivity (Wildman–Crippen MR) is 112 cm³/mol. The molecule has 6 heteroatoms. The Morgan fingerprint density at radius 2 is 1.96 bits per heavy atom. The van der Waals surface area contributed by atoms with Gasteiger partial charge in [-0.25, -0.2) is 0 Å². The largest absolute Gasteiger partial charge is 0.375 e. The molecule has 0 spiro atoms. The number of rotatable bonds is 4. The maximum Gasteiger partial charge on any atom is 0.194 e. The van der Waals surface area contributed by atoms with E-state index < -0.39 is 0 Å². The van der Waals surface area contributed by atoms with E-state index >= 15 is 0 Å². The van der Waals surface area contributed by atoms with Crippen molar-refractivity contribution >= 4 is 29.9 Å². The van der Waals surface area contributed by atoms with Crippen molar-refractivity contribution < 1.29 is 9.47 Å². The fraction of sp³-hybridized carbons (Fsp3) is 0.632. The molecule has 1 N–H and O–H groups in total. The monoisotopic (exact) mass is 459 g/mol. The summed E-state index contributed by atoms with van der Waals surface area (Å²) in [7, 11) is 1.85. The minimum absolute atomic E-state index is 0. The van der Waals surface area contributed by atoms with Crippen LogP contribution in [0, 0.1) is 0 Å². The molecule has 2 heterocycles. The number of guanidine groups is 1. The van der Waals surface area contributed by atoms with Gasteiger partial charge in [0.05, 0.1) is 12.7 Å². The quantitative estimate of drug-likeness (QED) is 0.428. The number of benzene rings is 1. The summed E-state index contributed by atoms with van der Waals surface area (Å²) < 4.78 is 11.7. The molecule has 2 saturated heterocycles. The number of hydrogen-bond donors (Lipinski definition) is 1. The summed E-state index contributed by atoms with van der Waals surface area (Å²) >= 11 is 0. The molecule has 0 aromatic heterocycles. The first-order valence-corrected chi connectivity index (χ1v) is 9.07. The van der Waals surface area contributed by atoms with Gasteiger partial charge in [-0.05, 0) is 30.4 Å². The first-order chi connectivity index (χ1) is 11.8. The summed E-state index contributed by atoms with van der Waals surface area (Å²) in [4.78, 5) is 6.77. The van der Waals surface area contributed by atoms with Crippen LogP contribution < -0.4 is 5.32 Å². The van der Waals surface area contributed by atoms with Gasteiger partial charge < -0.3 is 19.7 Å². The van der Waals surface area contributed by atoms with E-state index in [1.54, 1.807) is 0 Å². The van der Waals surface area contributed by atoms with Gasteiger partial charge in [0, 0.05) is 33.3 Å². The van der Waals surface area contributed by atoms with Crippen LogP contribution in [0.25, 0.3) is 0 Å². The van der Waals surface area contributed by atoms with Crippen molar-refractivity contribution in [3.8, 4) is 0 Å². The highest BCUT2D eigenvalue weighted by atomic mass is 127. The predicted octanol–water partition coefficient (Wildman–Crippen LogP) is 2.82. The SMILES string of the molecule is CCc1ccccc1CNC(=NC)N1CCOC(C2CCCO2)C1.I. The van der Waals surface area contributed by atoms with Gasteiger partial charge in [-0.1, -0.05) is 31.2 Å². The molecule has 0 bridgehead atoms. The van der Waals surface area contributed by atoms with Gasteiger partial charge in [0.1, 0.15) is 6.10 Å². The maximum atomic E-state index is 5.94. The zero-order chi connectivity index (χ0) is 16.8. The second kappa shape index (κ2) is 10.3. The van der Waals surface area contributed by atoms with Gasteiger partial charge in [-0.15, -0.1) is 24.0 Å². The Morgan fingerprint density at radius 1 is 1.20 bits per heavy atom. The summed E-state index contributed by atoms with van der Waals surface area (Å²) in [5, 5.41) is 3.52. The van der Waals surface area contributed by atoms with Crippen molar-refractivity contribution in [2.75, 3.05) is 33.4 Å². The van der Waals surface area contributed by atoms with Crippen molar-refractivity contribution in [3.05, 3.63) is 35.4 Å². The highest BCUT2D eigenvalue weighted by Crippen LogP contribution is 2.21. The van der Waals surface area contributed by atoms with Gasteiger partial charge in [0.2, 0.25) is 0 Å². The summed E-state index contributed by atoms with van der Waals surface area (Å²) in [6.07, 6.45) is 3.70. The number of hydrogen-bond acceptors (Lipinski definition) is 3. The zero-order valence-corrected chi connectivity index (χ0v) is 17.6. The van der Waals surface area contributed by atoms with E-state index in [0.717, 1.165) is 58.1 Å². The van der Waals surface area contributed by atoms with E-state index in [0.29, 0.717) is 0 Å². The van der Waals surface area contributed by atoms with Gasteiger partial charge >= 0.3 is 0 Å². The number of nitrogens with zero attached hydrogens (tertiary/aromatic N) is 2. The molecule has 1 aromatic carbocycles. The van der Waals surface area contributed by atoms with Crippen molar-refractivity contribution in [2.24, 2.45) is 4.99 Å². The lowest BCUT2D eigenvalue weighted by atomic mass is 10.1. The number of aryl methyl sites for hydroxylation is 1. The fourth-order valence-electron chi connectivity index (χ4n) is 3.57. The Labute approximate surface area is 168 Å². The van der Waals surface area contributed by atoms with Crippen LogP contribution in [0.4, 0.5) is 0 Å². The number of nitrogens with one attached hydrogen (secondary N) is 1. The van der Waals surface area contributed by atoms with Crippen molar-refractivity contribution in [3.63, 3.8) is 0 Å². The topological polar surface area (TPSA) is 46.1 Å². The molecule has 0 radical (unpaired) electrons. The third-order valence-electron chi connectivity index (χ3n) is 4.92. The second-order valence-corrected chi connectivity index (χ2v) is 6.43. The Hall–Kier alpha value is -0.860. The highest BCUT2D eigenvalue weighted by Gasteiger charge is 2.32. The minimum atomic E-state index is 0. The molecule has 2 unspecified atom stereocenters. The molecule has 0 saturated carbocycles. The van der Waals surface area contributed by atoms with Crippen LogP contribution >= 0.6 is 24.0 Å². The molecule has 1 aromatic rings. The smallest absolute Gasteiger partial charge is 0.194 e. The summed E-state index contributed by atoms with van der Waals surface area (Å²) in [6.45, 7) is 6.32.